The highest BCUT2D eigenvalue weighted by Gasteiger charge is 2.42. The fourth-order valence-corrected chi connectivity index (χ4v) is 3.14. The van der Waals surface area contributed by atoms with Gasteiger partial charge in [0.05, 0.1) is 11.8 Å². The van der Waals surface area contributed by atoms with E-state index in [9.17, 15) is 9.59 Å². The van der Waals surface area contributed by atoms with Gasteiger partial charge in [-0.05, 0) is 29.2 Å². The Balaban J connectivity index is 1.77. The van der Waals surface area contributed by atoms with Crippen molar-refractivity contribution in [2.75, 3.05) is 7.05 Å². The summed E-state index contributed by atoms with van der Waals surface area (Å²) in [6, 6.07) is 14.1. The average Bonchev–Trinajstić information content (AvgIpc) is 2.45. The van der Waals surface area contributed by atoms with Crippen molar-refractivity contribution >= 4 is 22.6 Å². The second-order valence-corrected chi connectivity index (χ2v) is 5.96. The van der Waals surface area contributed by atoms with Gasteiger partial charge in [-0.3, -0.25) is 9.59 Å². The smallest absolute Gasteiger partial charge is 0.307 e. The molecule has 0 bridgehead atoms. The monoisotopic (exact) mass is 297 g/mol. The average molecular weight is 297 g/mol. The van der Waals surface area contributed by atoms with E-state index in [1.165, 1.54) is 0 Å². The minimum Gasteiger partial charge on any atom is -0.481 e. The van der Waals surface area contributed by atoms with Crippen LogP contribution in [0.3, 0.4) is 0 Å². The summed E-state index contributed by atoms with van der Waals surface area (Å²) in [7, 11) is 1.75. The zero-order valence-corrected chi connectivity index (χ0v) is 12.5. The van der Waals surface area contributed by atoms with Crippen molar-refractivity contribution in [1.82, 2.24) is 4.90 Å². The lowest BCUT2D eigenvalue weighted by molar-refractivity contribution is -0.156. The van der Waals surface area contributed by atoms with Gasteiger partial charge in [-0.2, -0.15) is 0 Å². The second kappa shape index (κ2) is 5.79. The number of carboxylic acids is 1. The van der Waals surface area contributed by atoms with Gasteiger partial charge in [0, 0.05) is 13.6 Å². The third kappa shape index (κ3) is 2.56. The number of fused-ring (bicyclic) bond motifs is 1. The molecule has 0 aliphatic heterocycles. The Bertz CT molecular complexity index is 720. The third-order valence-corrected chi connectivity index (χ3v) is 4.57. The number of carbonyl (C=O) groups excluding carboxylic acids is 1. The number of nitrogens with zero attached hydrogens (tertiary/aromatic N) is 1. The second-order valence-electron chi connectivity index (χ2n) is 5.96. The summed E-state index contributed by atoms with van der Waals surface area (Å²) < 4.78 is 0. The predicted octanol–water partition coefficient (Wildman–Crippen LogP) is 2.91. The molecule has 1 saturated carbocycles. The molecule has 0 spiro atoms. The van der Waals surface area contributed by atoms with Crippen LogP contribution >= 0.6 is 0 Å². The van der Waals surface area contributed by atoms with Gasteiger partial charge in [-0.25, -0.2) is 0 Å². The molecule has 3 rings (SSSR count). The van der Waals surface area contributed by atoms with Crippen LogP contribution < -0.4 is 0 Å². The number of rotatable bonds is 4. The van der Waals surface area contributed by atoms with Crippen molar-refractivity contribution in [2.45, 2.75) is 19.4 Å². The maximum Gasteiger partial charge on any atom is 0.307 e. The predicted molar refractivity (Wildman–Crippen MR) is 84.3 cm³/mol. The van der Waals surface area contributed by atoms with E-state index in [1.54, 1.807) is 11.9 Å². The first-order chi connectivity index (χ1) is 10.6. The molecule has 1 fully saturated rings. The Kier molecular flexibility index (Phi) is 3.84. The molecule has 0 heterocycles. The highest BCUT2D eigenvalue weighted by atomic mass is 16.4. The molecule has 1 aliphatic rings. The van der Waals surface area contributed by atoms with E-state index in [4.69, 9.17) is 5.11 Å². The maximum absolute atomic E-state index is 12.4. The van der Waals surface area contributed by atoms with Crippen molar-refractivity contribution in [2.24, 2.45) is 11.8 Å². The van der Waals surface area contributed by atoms with E-state index in [0.29, 0.717) is 19.4 Å². The van der Waals surface area contributed by atoms with Gasteiger partial charge >= 0.3 is 5.97 Å². The summed E-state index contributed by atoms with van der Waals surface area (Å²) in [5.41, 5.74) is 1.08. The minimum atomic E-state index is -0.858. The van der Waals surface area contributed by atoms with E-state index in [0.717, 1.165) is 16.3 Å². The molecule has 1 aliphatic carbocycles. The first-order valence-electron chi connectivity index (χ1n) is 7.52. The van der Waals surface area contributed by atoms with Gasteiger partial charge in [0.15, 0.2) is 0 Å². The number of amides is 1. The molecule has 0 radical (unpaired) electrons. The number of carboxylic acid groups (broad SMARTS) is 1. The summed E-state index contributed by atoms with van der Waals surface area (Å²) in [5, 5.41) is 11.4. The first-order valence-corrected chi connectivity index (χ1v) is 7.52. The Hall–Kier alpha value is -2.36. The molecule has 2 aromatic rings. The molecule has 1 amide bonds. The number of aliphatic carboxylic acids is 1. The van der Waals surface area contributed by atoms with Crippen LogP contribution in [0.25, 0.3) is 10.8 Å². The van der Waals surface area contributed by atoms with E-state index in [1.807, 2.05) is 42.5 Å². The van der Waals surface area contributed by atoms with Gasteiger partial charge in [0.25, 0.3) is 0 Å². The van der Waals surface area contributed by atoms with Crippen molar-refractivity contribution in [3.63, 3.8) is 0 Å². The molecule has 2 atom stereocenters. The number of hydrogen-bond acceptors (Lipinski definition) is 2. The Morgan fingerprint density at radius 2 is 1.77 bits per heavy atom. The number of hydrogen-bond donors (Lipinski definition) is 1. The highest BCUT2D eigenvalue weighted by molar-refractivity contribution is 5.88. The van der Waals surface area contributed by atoms with Gasteiger partial charge in [0.1, 0.15) is 0 Å². The van der Waals surface area contributed by atoms with Crippen molar-refractivity contribution in [3.8, 4) is 0 Å². The molecular weight excluding hydrogens is 278 g/mol. The van der Waals surface area contributed by atoms with Gasteiger partial charge in [-0.15, -0.1) is 0 Å². The molecule has 0 saturated heterocycles. The van der Waals surface area contributed by atoms with Crippen LogP contribution in [0.1, 0.15) is 18.4 Å². The van der Waals surface area contributed by atoms with Crippen LogP contribution in [0.5, 0.6) is 0 Å². The number of benzene rings is 2. The lowest BCUT2D eigenvalue weighted by Crippen LogP contribution is -2.44. The van der Waals surface area contributed by atoms with Crippen LogP contribution in [0.4, 0.5) is 0 Å². The molecule has 22 heavy (non-hydrogen) atoms. The lowest BCUT2D eigenvalue weighted by Gasteiger charge is -2.35. The largest absolute Gasteiger partial charge is 0.481 e. The third-order valence-electron chi connectivity index (χ3n) is 4.57. The van der Waals surface area contributed by atoms with E-state index < -0.39 is 11.9 Å². The van der Waals surface area contributed by atoms with E-state index in [-0.39, 0.29) is 11.8 Å². The molecule has 0 aromatic heterocycles. The molecule has 4 nitrogen and oxygen atoms in total. The molecule has 114 valence electrons. The molecular formula is C18H19NO3. The minimum absolute atomic E-state index is 0.0633. The Morgan fingerprint density at radius 1 is 1.09 bits per heavy atom. The maximum atomic E-state index is 12.4. The SMILES string of the molecule is CN(Cc1cccc2ccccc12)C(=O)C1CCC1C(=O)O. The fraction of sp³-hybridized carbons (Fsp3) is 0.333. The van der Waals surface area contributed by atoms with Gasteiger partial charge < -0.3 is 10.0 Å². The Morgan fingerprint density at radius 3 is 2.45 bits per heavy atom. The summed E-state index contributed by atoms with van der Waals surface area (Å²) >= 11 is 0. The molecule has 2 unspecified atom stereocenters. The van der Waals surface area contributed by atoms with Crippen molar-refractivity contribution in [3.05, 3.63) is 48.0 Å². The first kappa shape index (κ1) is 14.6. The topological polar surface area (TPSA) is 57.6 Å². The van der Waals surface area contributed by atoms with Gasteiger partial charge in [-0.1, -0.05) is 42.5 Å². The highest BCUT2D eigenvalue weighted by Crippen LogP contribution is 2.36. The lowest BCUT2D eigenvalue weighted by atomic mass is 9.73. The van der Waals surface area contributed by atoms with Crippen LogP contribution in [0.15, 0.2) is 42.5 Å². The van der Waals surface area contributed by atoms with Crippen LogP contribution in [0.2, 0.25) is 0 Å². The zero-order chi connectivity index (χ0) is 15.7. The van der Waals surface area contributed by atoms with Crippen LogP contribution in [-0.4, -0.2) is 28.9 Å². The van der Waals surface area contributed by atoms with Crippen molar-refractivity contribution in [1.29, 1.82) is 0 Å². The molecule has 1 N–H and O–H groups in total. The fourth-order valence-electron chi connectivity index (χ4n) is 3.14. The van der Waals surface area contributed by atoms with Gasteiger partial charge in [0.2, 0.25) is 5.91 Å². The van der Waals surface area contributed by atoms with Crippen molar-refractivity contribution < 1.29 is 14.7 Å². The molecule has 2 aromatic carbocycles. The zero-order valence-electron chi connectivity index (χ0n) is 12.5. The number of carbonyl (C=O) groups is 2. The quantitative estimate of drug-likeness (QED) is 0.944. The molecule has 4 heteroatoms. The summed E-state index contributed by atoms with van der Waals surface area (Å²) in [6.07, 6.45) is 1.28. The van der Waals surface area contributed by atoms with E-state index in [2.05, 4.69) is 0 Å². The Labute approximate surface area is 129 Å². The summed E-state index contributed by atoms with van der Waals surface area (Å²) in [5.74, 6) is -1.80. The standard InChI is InChI=1S/C18H19NO3/c1-19(17(20)15-9-10-16(15)18(21)22)11-13-7-4-6-12-5-2-3-8-14(12)13/h2-8,15-16H,9-11H2,1H3,(H,21,22). The van der Waals surface area contributed by atoms with Crippen LogP contribution in [0, 0.1) is 11.8 Å². The summed E-state index contributed by atoms with van der Waals surface area (Å²) in [6.45, 7) is 0.503. The van der Waals surface area contributed by atoms with E-state index >= 15 is 0 Å². The van der Waals surface area contributed by atoms with Crippen LogP contribution in [-0.2, 0) is 16.1 Å². The summed E-state index contributed by atoms with van der Waals surface area (Å²) in [4.78, 5) is 25.2. The normalized spacial score (nSPS) is 20.4.